The second-order valence-corrected chi connectivity index (χ2v) is 6.84. The van der Waals surface area contributed by atoms with Crippen LogP contribution in [0.4, 0.5) is 11.8 Å². The molecule has 126 valence electrons. The molecule has 0 amide bonds. The first-order valence-electron chi connectivity index (χ1n) is 8.89. The Labute approximate surface area is 143 Å². The fourth-order valence-corrected chi connectivity index (χ4v) is 4.11. The Kier molecular flexibility index (Phi) is 4.10. The molecule has 0 bridgehead atoms. The zero-order valence-corrected chi connectivity index (χ0v) is 14.2. The number of nitrogens with zero attached hydrogens (tertiary/aromatic N) is 3. The molecule has 0 radical (unpaired) electrons. The summed E-state index contributed by atoms with van der Waals surface area (Å²) >= 11 is 0. The molecule has 0 spiro atoms. The van der Waals surface area contributed by atoms with Crippen LogP contribution in [-0.2, 0) is 6.42 Å². The summed E-state index contributed by atoms with van der Waals surface area (Å²) < 4.78 is 0. The van der Waals surface area contributed by atoms with Crippen LogP contribution in [0.1, 0.15) is 42.0 Å². The lowest BCUT2D eigenvalue weighted by atomic mass is 9.82. The number of benzene rings is 1. The molecule has 3 N–H and O–H groups in total. The van der Waals surface area contributed by atoms with Crippen molar-refractivity contribution >= 4 is 11.8 Å². The normalized spacial score (nSPS) is 23.3. The van der Waals surface area contributed by atoms with Crippen molar-refractivity contribution in [3.63, 3.8) is 0 Å². The molecule has 1 aromatic heterocycles. The molecule has 2 unspecified atom stereocenters. The quantitative estimate of drug-likeness (QED) is 0.907. The molecular formula is C19H25N5. The van der Waals surface area contributed by atoms with Gasteiger partial charge in [-0.2, -0.15) is 4.98 Å². The number of nitrogen functional groups attached to an aromatic ring is 1. The van der Waals surface area contributed by atoms with Crippen molar-refractivity contribution in [1.29, 1.82) is 0 Å². The van der Waals surface area contributed by atoms with Crippen LogP contribution in [0, 0.1) is 0 Å². The summed E-state index contributed by atoms with van der Waals surface area (Å²) in [6.45, 7) is 2.03. The van der Waals surface area contributed by atoms with E-state index in [2.05, 4.69) is 50.5 Å². The Morgan fingerprint density at radius 1 is 1.17 bits per heavy atom. The molecule has 1 fully saturated rings. The lowest BCUT2D eigenvalue weighted by Crippen LogP contribution is -2.31. The van der Waals surface area contributed by atoms with Crippen LogP contribution in [-0.4, -0.2) is 36.1 Å². The van der Waals surface area contributed by atoms with Crippen LogP contribution in [0.15, 0.2) is 30.3 Å². The van der Waals surface area contributed by atoms with Gasteiger partial charge in [0, 0.05) is 30.6 Å². The van der Waals surface area contributed by atoms with E-state index in [1.165, 1.54) is 17.5 Å². The minimum absolute atomic E-state index is 0.335. The Bertz CT molecular complexity index is 715. The molecule has 1 aromatic carbocycles. The van der Waals surface area contributed by atoms with Crippen molar-refractivity contribution < 1.29 is 0 Å². The molecule has 5 heteroatoms. The third kappa shape index (κ3) is 2.73. The van der Waals surface area contributed by atoms with Gasteiger partial charge in [-0.1, -0.05) is 30.3 Å². The number of aromatic nitrogens is 2. The van der Waals surface area contributed by atoms with E-state index in [0.29, 0.717) is 17.9 Å². The van der Waals surface area contributed by atoms with Gasteiger partial charge in [0.1, 0.15) is 5.82 Å². The second kappa shape index (κ2) is 6.40. The predicted octanol–water partition coefficient (Wildman–Crippen LogP) is 2.33. The molecule has 2 aromatic rings. The average molecular weight is 323 g/mol. The summed E-state index contributed by atoms with van der Waals surface area (Å²) in [5.41, 5.74) is 9.87. The number of likely N-dealkylation sites (N-methyl/N-ethyl adjacent to an activating group) is 1. The lowest BCUT2D eigenvalue weighted by Gasteiger charge is -2.29. The molecule has 2 heterocycles. The highest BCUT2D eigenvalue weighted by Crippen LogP contribution is 2.39. The zero-order valence-electron chi connectivity index (χ0n) is 14.2. The van der Waals surface area contributed by atoms with Crippen molar-refractivity contribution in [2.45, 2.75) is 37.6 Å². The van der Waals surface area contributed by atoms with Crippen LogP contribution in [0.2, 0.25) is 0 Å². The zero-order chi connectivity index (χ0) is 16.5. The molecule has 1 aliphatic carbocycles. The number of fused-ring (bicyclic) bond motifs is 1. The van der Waals surface area contributed by atoms with E-state index in [1.807, 2.05) is 7.05 Å². The van der Waals surface area contributed by atoms with Crippen LogP contribution >= 0.6 is 0 Å². The van der Waals surface area contributed by atoms with Crippen LogP contribution < -0.4 is 16.0 Å². The molecule has 5 nitrogen and oxygen atoms in total. The highest BCUT2D eigenvalue weighted by molar-refractivity contribution is 5.56. The molecule has 2 aliphatic rings. The fourth-order valence-electron chi connectivity index (χ4n) is 4.11. The lowest BCUT2D eigenvalue weighted by molar-refractivity contribution is 0.592. The van der Waals surface area contributed by atoms with Crippen LogP contribution in [0.25, 0.3) is 0 Å². The van der Waals surface area contributed by atoms with Gasteiger partial charge in [0.15, 0.2) is 0 Å². The third-order valence-corrected chi connectivity index (χ3v) is 5.38. The maximum absolute atomic E-state index is 6.09. The fraction of sp³-hybridized carbons (Fsp3) is 0.474. The minimum Gasteiger partial charge on any atom is -0.368 e. The van der Waals surface area contributed by atoms with E-state index in [9.17, 15) is 0 Å². The summed E-state index contributed by atoms with van der Waals surface area (Å²) in [4.78, 5) is 11.7. The molecule has 24 heavy (non-hydrogen) atoms. The molecule has 2 atom stereocenters. The maximum atomic E-state index is 6.09. The monoisotopic (exact) mass is 323 g/mol. The van der Waals surface area contributed by atoms with E-state index in [0.717, 1.165) is 43.9 Å². The number of rotatable bonds is 3. The van der Waals surface area contributed by atoms with Gasteiger partial charge in [-0.05, 0) is 38.3 Å². The van der Waals surface area contributed by atoms with Crippen molar-refractivity contribution in [2.24, 2.45) is 0 Å². The summed E-state index contributed by atoms with van der Waals surface area (Å²) in [7, 11) is 2.03. The molecule has 1 aliphatic heterocycles. The second-order valence-electron chi connectivity index (χ2n) is 6.84. The van der Waals surface area contributed by atoms with Gasteiger partial charge in [0.05, 0.1) is 5.69 Å². The van der Waals surface area contributed by atoms with E-state index in [4.69, 9.17) is 5.73 Å². The topological polar surface area (TPSA) is 67.1 Å². The van der Waals surface area contributed by atoms with Gasteiger partial charge in [-0.15, -0.1) is 0 Å². The van der Waals surface area contributed by atoms with E-state index in [1.54, 1.807) is 0 Å². The summed E-state index contributed by atoms with van der Waals surface area (Å²) in [5, 5.41) is 3.38. The van der Waals surface area contributed by atoms with Gasteiger partial charge >= 0.3 is 0 Å². The molecule has 4 rings (SSSR count). The highest BCUT2D eigenvalue weighted by Gasteiger charge is 2.31. The van der Waals surface area contributed by atoms with E-state index in [-0.39, 0.29) is 0 Å². The molecular weight excluding hydrogens is 298 g/mol. The first kappa shape index (κ1) is 15.4. The predicted molar refractivity (Wildman–Crippen MR) is 97.3 cm³/mol. The number of nitrogens with one attached hydrogen (secondary N) is 1. The van der Waals surface area contributed by atoms with Gasteiger partial charge in [0.2, 0.25) is 5.95 Å². The Balaban J connectivity index is 1.75. The molecule has 1 saturated heterocycles. The Hall–Kier alpha value is -2.14. The SMILES string of the molecule is CNC1CCN(c2nc(N)nc3c2CCCC3c2ccccc2)C1. The van der Waals surface area contributed by atoms with Crippen molar-refractivity contribution in [2.75, 3.05) is 30.8 Å². The largest absolute Gasteiger partial charge is 0.368 e. The number of hydrogen-bond donors (Lipinski definition) is 2. The summed E-state index contributed by atoms with van der Waals surface area (Å²) in [6.07, 6.45) is 4.51. The van der Waals surface area contributed by atoms with Crippen LogP contribution in [0.3, 0.4) is 0 Å². The first-order valence-corrected chi connectivity index (χ1v) is 8.89. The van der Waals surface area contributed by atoms with Gasteiger partial charge < -0.3 is 16.0 Å². The number of anilines is 2. The first-order chi connectivity index (χ1) is 11.8. The Morgan fingerprint density at radius 2 is 2.00 bits per heavy atom. The summed E-state index contributed by atoms with van der Waals surface area (Å²) in [6, 6.07) is 11.2. The highest BCUT2D eigenvalue weighted by atomic mass is 15.2. The van der Waals surface area contributed by atoms with Crippen LogP contribution in [0.5, 0.6) is 0 Å². The number of hydrogen-bond acceptors (Lipinski definition) is 5. The van der Waals surface area contributed by atoms with E-state index >= 15 is 0 Å². The number of nitrogens with two attached hydrogens (primary N) is 1. The van der Waals surface area contributed by atoms with Gasteiger partial charge in [-0.25, -0.2) is 4.98 Å². The maximum Gasteiger partial charge on any atom is 0.222 e. The van der Waals surface area contributed by atoms with Crippen molar-refractivity contribution in [3.05, 3.63) is 47.2 Å². The standard InChI is InChI=1S/C19H25N5/c1-21-14-10-11-24(12-14)18-16-9-5-8-15(13-6-3-2-4-7-13)17(16)22-19(20)23-18/h2-4,6-7,14-15,21H,5,8-12H2,1H3,(H2,20,22,23). The molecule has 0 saturated carbocycles. The van der Waals surface area contributed by atoms with Gasteiger partial charge in [0.25, 0.3) is 0 Å². The van der Waals surface area contributed by atoms with Gasteiger partial charge in [-0.3, -0.25) is 0 Å². The summed E-state index contributed by atoms with van der Waals surface area (Å²) in [5.74, 6) is 1.80. The smallest absolute Gasteiger partial charge is 0.222 e. The minimum atomic E-state index is 0.335. The van der Waals surface area contributed by atoms with E-state index < -0.39 is 0 Å². The van der Waals surface area contributed by atoms with Crippen molar-refractivity contribution in [1.82, 2.24) is 15.3 Å². The Morgan fingerprint density at radius 3 is 2.75 bits per heavy atom. The third-order valence-electron chi connectivity index (χ3n) is 5.38. The van der Waals surface area contributed by atoms with Crippen molar-refractivity contribution in [3.8, 4) is 0 Å². The average Bonchev–Trinajstić information content (AvgIpc) is 3.10.